The van der Waals surface area contributed by atoms with Gasteiger partial charge in [-0.15, -0.1) is 0 Å². The lowest BCUT2D eigenvalue weighted by Crippen LogP contribution is -2.69. The van der Waals surface area contributed by atoms with Crippen molar-refractivity contribution in [3.8, 4) is 11.4 Å². The molecule has 0 radical (unpaired) electrons. The Morgan fingerprint density at radius 3 is 2.26 bits per heavy atom. The molecule has 0 amide bonds. The number of aliphatic carboxylic acids is 1. The van der Waals surface area contributed by atoms with Crippen LogP contribution in [0.4, 0.5) is 0 Å². The summed E-state index contributed by atoms with van der Waals surface area (Å²) in [4.78, 5) is 44.2. The number of pyridine rings is 1. The molecule has 13 nitrogen and oxygen atoms in total. The Labute approximate surface area is 345 Å². The van der Waals surface area contributed by atoms with E-state index >= 15 is 0 Å². The molecule has 12 atom stereocenters. The third-order valence-corrected chi connectivity index (χ3v) is 17.2. The fourth-order valence-corrected chi connectivity index (χ4v) is 12.8. The minimum Gasteiger partial charge on any atom is -0.481 e. The van der Waals surface area contributed by atoms with Crippen LogP contribution in [0, 0.1) is 62.1 Å². The van der Waals surface area contributed by atoms with Crippen molar-refractivity contribution in [2.45, 2.75) is 132 Å². The number of carbonyl (C=O) groups is 1. The normalized spacial score (nSPS) is 38.8. The van der Waals surface area contributed by atoms with Gasteiger partial charge in [-0.1, -0.05) is 80.9 Å². The van der Waals surface area contributed by atoms with Crippen molar-refractivity contribution in [2.75, 3.05) is 19.8 Å². The lowest BCUT2D eigenvalue weighted by molar-refractivity contribution is -0.253. The molecule has 324 valence electrons. The standard InChI is InChI=1S/C44H67N5O4.H3O4P/c1-27(2)28(3)39(7)18-19-41(9)30-12-13-33-40(8)23-52-25-44(33,31(30)14-17-42(41,10)34(39)37(50)51)22-32(35(40)53-24-43(11,45)38(4,5)6)49-36(47-26-48-49)29-15-20-46-21-16-29;1-5(2,3)4/h14-16,20-21,26-28,30,32-35H,12-13,17-19,22-25,45H2,1-11H3,(H,50,51);(H3,1,2,3,4)/t28-,30+,32-,33+,34-,35+,39-,40-,41-,42+,43+,44+;/m1./s1. The molecule has 7 rings (SSSR count). The molecule has 2 aromatic rings. The summed E-state index contributed by atoms with van der Waals surface area (Å²) in [5, 5.41) is 16.1. The molecule has 4 fully saturated rings. The summed E-state index contributed by atoms with van der Waals surface area (Å²) in [6, 6.07) is 3.89. The number of fused-ring (bicyclic) bond motifs is 3. The van der Waals surface area contributed by atoms with Gasteiger partial charge in [0.2, 0.25) is 0 Å². The molecular formula is C44H70N5O8P. The van der Waals surface area contributed by atoms with Crippen molar-refractivity contribution in [2.24, 2.45) is 67.8 Å². The maximum absolute atomic E-state index is 13.6. The number of phosphoric acid groups is 1. The Hall–Kier alpha value is -2.51. The first-order valence-electron chi connectivity index (χ1n) is 21.2. The first kappa shape index (κ1) is 45.0. The summed E-state index contributed by atoms with van der Waals surface area (Å²) in [6.07, 6.45) is 13.3. The zero-order chi connectivity index (χ0) is 43.1. The van der Waals surface area contributed by atoms with Gasteiger partial charge in [0.1, 0.15) is 6.33 Å². The van der Waals surface area contributed by atoms with Crippen molar-refractivity contribution in [3.63, 3.8) is 0 Å². The van der Waals surface area contributed by atoms with Crippen molar-refractivity contribution >= 4 is 13.8 Å². The van der Waals surface area contributed by atoms with E-state index in [1.165, 1.54) is 5.57 Å². The van der Waals surface area contributed by atoms with Gasteiger partial charge in [-0.05, 0) is 103 Å². The number of ether oxygens (including phenoxy) is 2. The first-order valence-corrected chi connectivity index (χ1v) is 22.7. The summed E-state index contributed by atoms with van der Waals surface area (Å²) in [5.41, 5.74) is 7.43. The molecule has 0 spiro atoms. The molecular weight excluding hydrogens is 757 g/mol. The van der Waals surface area contributed by atoms with Crippen molar-refractivity contribution in [1.29, 1.82) is 0 Å². The first-order chi connectivity index (χ1) is 26.7. The highest BCUT2D eigenvalue weighted by Crippen LogP contribution is 2.75. The van der Waals surface area contributed by atoms with Crippen LogP contribution in [0.25, 0.3) is 11.4 Å². The van der Waals surface area contributed by atoms with Gasteiger partial charge in [-0.3, -0.25) is 9.78 Å². The van der Waals surface area contributed by atoms with Crippen LogP contribution < -0.4 is 5.73 Å². The van der Waals surface area contributed by atoms with E-state index < -0.39 is 25.2 Å². The average molecular weight is 828 g/mol. The van der Waals surface area contributed by atoms with Crippen LogP contribution in [0.15, 0.2) is 42.5 Å². The lowest BCUT2D eigenvalue weighted by atomic mass is 9.34. The van der Waals surface area contributed by atoms with E-state index in [1.54, 1.807) is 6.33 Å². The van der Waals surface area contributed by atoms with Gasteiger partial charge in [0.05, 0.1) is 37.9 Å². The van der Waals surface area contributed by atoms with E-state index in [0.29, 0.717) is 37.6 Å². The number of nitrogens with two attached hydrogens (primary N) is 1. The highest BCUT2D eigenvalue weighted by atomic mass is 31.2. The zero-order valence-corrected chi connectivity index (χ0v) is 37.5. The van der Waals surface area contributed by atoms with Gasteiger partial charge in [0, 0.05) is 34.3 Å². The van der Waals surface area contributed by atoms with E-state index in [9.17, 15) is 9.90 Å². The van der Waals surface area contributed by atoms with Gasteiger partial charge in [0.15, 0.2) is 5.82 Å². The Morgan fingerprint density at radius 1 is 1.03 bits per heavy atom. The number of rotatable bonds is 8. The fourth-order valence-electron chi connectivity index (χ4n) is 12.8. The Balaban J connectivity index is 0.00000107. The van der Waals surface area contributed by atoms with Crippen LogP contribution in [-0.2, 0) is 18.8 Å². The summed E-state index contributed by atoms with van der Waals surface area (Å²) in [6.45, 7) is 26.6. The predicted octanol–water partition coefficient (Wildman–Crippen LogP) is 7.69. The largest absolute Gasteiger partial charge is 0.481 e. The van der Waals surface area contributed by atoms with Crippen LogP contribution in [0.2, 0.25) is 0 Å². The van der Waals surface area contributed by atoms with Crippen LogP contribution >= 0.6 is 7.82 Å². The Morgan fingerprint density at radius 2 is 1.67 bits per heavy atom. The number of carboxylic acid groups (broad SMARTS) is 1. The zero-order valence-electron chi connectivity index (χ0n) is 36.6. The van der Waals surface area contributed by atoms with Crippen LogP contribution in [-0.4, -0.2) is 77.0 Å². The van der Waals surface area contributed by atoms with Crippen LogP contribution in [0.5, 0.6) is 0 Å². The number of aromatic nitrogens is 4. The van der Waals surface area contributed by atoms with E-state index in [1.807, 2.05) is 24.5 Å². The fraction of sp³-hybridized carbons (Fsp3) is 0.773. The smallest absolute Gasteiger partial charge is 0.466 e. The van der Waals surface area contributed by atoms with E-state index in [-0.39, 0.29) is 50.6 Å². The van der Waals surface area contributed by atoms with Gasteiger partial charge in [0.25, 0.3) is 0 Å². The second kappa shape index (κ2) is 15.1. The third-order valence-electron chi connectivity index (χ3n) is 17.2. The highest BCUT2D eigenvalue weighted by molar-refractivity contribution is 7.45. The minimum absolute atomic E-state index is 0.115. The third kappa shape index (κ3) is 7.26. The van der Waals surface area contributed by atoms with Gasteiger partial charge in [-0.25, -0.2) is 14.2 Å². The number of carboxylic acids is 1. The Bertz CT molecular complexity index is 1900. The maximum atomic E-state index is 13.6. The van der Waals surface area contributed by atoms with Gasteiger partial charge < -0.3 is 35.0 Å². The molecule has 2 bridgehead atoms. The monoisotopic (exact) mass is 827 g/mol. The molecule has 58 heavy (non-hydrogen) atoms. The lowest BCUT2D eigenvalue weighted by Gasteiger charge is -2.71. The second-order valence-electron chi connectivity index (χ2n) is 21.3. The molecule has 3 heterocycles. The molecule has 0 unspecified atom stereocenters. The SMILES string of the molecule is CC(C)[C@@H](C)[C@@]1(C)CC[C@]2(C)[C@H]3CC[C@@H]4[C@@]5(COC[C@@]4(C)[C@@H](OC[C@](C)(N)C(C)(C)C)[C@H](n4ncnc4-c4ccncc4)C5)C3=CC[C@@]2(C)[C@@H]1C(=O)O.O=P(O)(O)O. The number of allylic oxidation sites excluding steroid dienone is 1. The van der Waals surface area contributed by atoms with Gasteiger partial charge in [-0.2, -0.15) is 5.10 Å². The molecule has 0 aromatic carbocycles. The second-order valence-corrected chi connectivity index (χ2v) is 22.3. The Kier molecular flexibility index (Phi) is 11.8. The summed E-state index contributed by atoms with van der Waals surface area (Å²) >= 11 is 0. The highest BCUT2D eigenvalue weighted by Gasteiger charge is 2.72. The average Bonchev–Trinajstić information content (AvgIpc) is 3.60. The van der Waals surface area contributed by atoms with Crippen molar-refractivity contribution < 1.29 is 38.6 Å². The van der Waals surface area contributed by atoms with Crippen molar-refractivity contribution in [1.82, 2.24) is 19.7 Å². The summed E-state index contributed by atoms with van der Waals surface area (Å²) in [7, 11) is -4.64. The van der Waals surface area contributed by atoms with E-state index in [4.69, 9.17) is 44.5 Å². The maximum Gasteiger partial charge on any atom is 0.466 e. The van der Waals surface area contributed by atoms with Gasteiger partial charge >= 0.3 is 13.8 Å². The van der Waals surface area contributed by atoms with Crippen LogP contribution in [0.1, 0.15) is 121 Å². The number of nitrogens with zero attached hydrogens (tertiary/aromatic N) is 4. The molecule has 4 aliphatic carbocycles. The number of hydrogen-bond acceptors (Lipinski definition) is 8. The summed E-state index contributed by atoms with van der Waals surface area (Å²) < 4.78 is 25.0. The van der Waals surface area contributed by atoms with E-state index in [0.717, 1.165) is 49.9 Å². The van der Waals surface area contributed by atoms with Crippen molar-refractivity contribution in [3.05, 3.63) is 42.5 Å². The predicted molar refractivity (Wildman–Crippen MR) is 222 cm³/mol. The molecule has 1 saturated heterocycles. The quantitative estimate of drug-likeness (QED) is 0.128. The van der Waals surface area contributed by atoms with E-state index in [2.05, 4.69) is 91.9 Å². The topological polar surface area (TPSA) is 203 Å². The summed E-state index contributed by atoms with van der Waals surface area (Å²) in [5.74, 6) is 1.12. The minimum atomic E-state index is -4.64. The molecule has 6 N–H and O–H groups in total. The molecule has 5 aliphatic rings. The molecule has 1 aliphatic heterocycles. The number of hydrogen-bond donors (Lipinski definition) is 5. The molecule has 14 heteroatoms. The molecule has 2 aromatic heterocycles. The molecule has 3 saturated carbocycles. The van der Waals surface area contributed by atoms with Crippen LogP contribution in [0.3, 0.4) is 0 Å².